The van der Waals surface area contributed by atoms with Crippen LogP contribution in [0.2, 0.25) is 0 Å². The summed E-state index contributed by atoms with van der Waals surface area (Å²) in [5.74, 6) is -0.164. The molecule has 1 aromatic heterocycles. The highest BCUT2D eigenvalue weighted by Gasteiger charge is 2.25. The van der Waals surface area contributed by atoms with Crippen LogP contribution < -0.4 is 4.90 Å². The molecule has 0 radical (unpaired) electrons. The first-order valence-corrected chi connectivity index (χ1v) is 10.1. The Balaban J connectivity index is 1.92. The smallest absolute Gasteiger partial charge is 0.340 e. The molecule has 1 saturated heterocycles. The number of sulfonamides is 1. The van der Waals surface area contributed by atoms with E-state index in [1.807, 2.05) is 0 Å². The van der Waals surface area contributed by atoms with Crippen molar-refractivity contribution in [2.45, 2.75) is 31.3 Å². The number of anilines is 1. The summed E-state index contributed by atoms with van der Waals surface area (Å²) in [4.78, 5) is 14.9. The monoisotopic (exact) mass is 393 g/mol. The summed E-state index contributed by atoms with van der Waals surface area (Å²) in [5, 5.41) is 3.75. The fourth-order valence-corrected chi connectivity index (χ4v) is 3.91. The van der Waals surface area contributed by atoms with E-state index in [2.05, 4.69) is 10.1 Å². The Morgan fingerprint density at radius 1 is 1.26 bits per heavy atom. The molecule has 0 atom stereocenters. The van der Waals surface area contributed by atoms with Crippen molar-refractivity contribution in [1.82, 2.24) is 9.46 Å². The molecule has 3 rings (SSSR count). The molecule has 0 bridgehead atoms. The standard InChI is InChI=1S/C18H23N3O5S/c1-13-10-14(26-19-13)12-25-18(22)16-11-15(27(23,24)20(2)3)6-7-17(16)21-8-4-5-9-21/h6-7,10-11H,4-5,8-9,12H2,1-3H3. The van der Waals surface area contributed by atoms with Gasteiger partial charge in [0.15, 0.2) is 12.4 Å². The normalized spacial score (nSPS) is 14.7. The second-order valence-corrected chi connectivity index (χ2v) is 8.82. The number of carbonyl (C=O) groups excluding carboxylic acids is 1. The Hall–Kier alpha value is -2.39. The number of esters is 1. The van der Waals surface area contributed by atoms with Crippen molar-refractivity contribution in [3.05, 3.63) is 41.3 Å². The Morgan fingerprint density at radius 2 is 1.96 bits per heavy atom. The van der Waals surface area contributed by atoms with Crippen LogP contribution in [0.15, 0.2) is 33.7 Å². The summed E-state index contributed by atoms with van der Waals surface area (Å²) in [7, 11) is -0.754. The Morgan fingerprint density at radius 3 is 2.56 bits per heavy atom. The van der Waals surface area contributed by atoms with Gasteiger partial charge >= 0.3 is 5.97 Å². The van der Waals surface area contributed by atoms with Crippen LogP contribution >= 0.6 is 0 Å². The number of aryl methyl sites for hydroxylation is 1. The maximum absolute atomic E-state index is 12.7. The van der Waals surface area contributed by atoms with Crippen molar-refractivity contribution >= 4 is 21.7 Å². The lowest BCUT2D eigenvalue weighted by atomic mass is 10.1. The molecule has 2 heterocycles. The van der Waals surface area contributed by atoms with E-state index in [-0.39, 0.29) is 17.1 Å². The third-order valence-corrected chi connectivity index (χ3v) is 6.25. The molecule has 2 aromatic rings. The van der Waals surface area contributed by atoms with Gasteiger partial charge in [0.25, 0.3) is 0 Å². The molecule has 0 aliphatic carbocycles. The van der Waals surface area contributed by atoms with Crippen LogP contribution in [-0.2, 0) is 21.4 Å². The number of ether oxygens (including phenoxy) is 1. The number of rotatable bonds is 6. The molecular weight excluding hydrogens is 370 g/mol. The fourth-order valence-electron chi connectivity index (χ4n) is 2.98. The first-order chi connectivity index (χ1) is 12.8. The van der Waals surface area contributed by atoms with Crippen LogP contribution in [0.5, 0.6) is 0 Å². The maximum atomic E-state index is 12.7. The van der Waals surface area contributed by atoms with E-state index in [1.54, 1.807) is 19.1 Å². The first kappa shape index (κ1) is 19.4. The van der Waals surface area contributed by atoms with Crippen LogP contribution in [0.25, 0.3) is 0 Å². The van der Waals surface area contributed by atoms with E-state index in [1.165, 1.54) is 26.2 Å². The highest BCUT2D eigenvalue weighted by atomic mass is 32.2. The molecule has 0 spiro atoms. The van der Waals surface area contributed by atoms with Crippen molar-refractivity contribution in [2.75, 3.05) is 32.1 Å². The first-order valence-electron chi connectivity index (χ1n) is 8.70. The zero-order valence-electron chi connectivity index (χ0n) is 15.6. The van der Waals surface area contributed by atoms with Crippen LogP contribution in [0, 0.1) is 6.92 Å². The van der Waals surface area contributed by atoms with Crippen molar-refractivity contribution in [2.24, 2.45) is 0 Å². The minimum atomic E-state index is -3.66. The van der Waals surface area contributed by atoms with E-state index >= 15 is 0 Å². The van der Waals surface area contributed by atoms with Gasteiger partial charge in [-0.05, 0) is 38.0 Å². The van der Waals surface area contributed by atoms with E-state index in [9.17, 15) is 13.2 Å². The van der Waals surface area contributed by atoms with Gasteiger partial charge in [0, 0.05) is 33.3 Å². The molecule has 1 aromatic carbocycles. The average Bonchev–Trinajstić information content (AvgIpc) is 3.30. The van der Waals surface area contributed by atoms with Crippen LogP contribution in [-0.4, -0.2) is 51.0 Å². The van der Waals surface area contributed by atoms with Crippen molar-refractivity contribution in [3.8, 4) is 0 Å². The second-order valence-electron chi connectivity index (χ2n) is 6.67. The van der Waals surface area contributed by atoms with Crippen LogP contribution in [0.4, 0.5) is 5.69 Å². The number of aromatic nitrogens is 1. The fraction of sp³-hybridized carbons (Fsp3) is 0.444. The third-order valence-electron chi connectivity index (χ3n) is 4.44. The van der Waals surface area contributed by atoms with E-state index in [4.69, 9.17) is 9.26 Å². The Bertz CT molecular complexity index is 930. The summed E-state index contributed by atoms with van der Waals surface area (Å²) in [6.07, 6.45) is 2.06. The molecule has 0 amide bonds. The predicted molar refractivity (Wildman–Crippen MR) is 99.1 cm³/mol. The second kappa shape index (κ2) is 7.69. The van der Waals surface area contributed by atoms with Gasteiger partial charge in [-0.25, -0.2) is 17.5 Å². The van der Waals surface area contributed by atoms with Crippen molar-refractivity contribution in [1.29, 1.82) is 0 Å². The molecular formula is C18H23N3O5S. The van der Waals surface area contributed by atoms with Gasteiger partial charge in [0.1, 0.15) is 0 Å². The van der Waals surface area contributed by atoms with Gasteiger partial charge in [-0.1, -0.05) is 5.16 Å². The van der Waals surface area contributed by atoms with E-state index in [0.29, 0.717) is 17.1 Å². The van der Waals surface area contributed by atoms with Crippen LogP contribution in [0.3, 0.4) is 0 Å². The Labute approximate surface area is 158 Å². The average molecular weight is 393 g/mol. The highest BCUT2D eigenvalue weighted by Crippen LogP contribution is 2.29. The zero-order valence-corrected chi connectivity index (χ0v) is 16.5. The topological polar surface area (TPSA) is 93.0 Å². The molecule has 1 fully saturated rings. The maximum Gasteiger partial charge on any atom is 0.340 e. The number of nitrogens with zero attached hydrogens (tertiary/aromatic N) is 3. The molecule has 146 valence electrons. The van der Waals surface area contributed by atoms with E-state index in [0.717, 1.165) is 30.2 Å². The number of benzene rings is 1. The third kappa shape index (κ3) is 4.14. The van der Waals surface area contributed by atoms with Gasteiger partial charge in [0.05, 0.1) is 21.8 Å². The molecule has 1 aliphatic rings. The highest BCUT2D eigenvalue weighted by molar-refractivity contribution is 7.89. The molecule has 9 heteroatoms. The van der Waals surface area contributed by atoms with Gasteiger partial charge in [-0.15, -0.1) is 0 Å². The molecule has 0 saturated carbocycles. The summed E-state index contributed by atoms with van der Waals surface area (Å²) in [6.45, 7) is 3.35. The van der Waals surface area contributed by atoms with Gasteiger partial charge in [-0.2, -0.15) is 0 Å². The van der Waals surface area contributed by atoms with Crippen molar-refractivity contribution in [3.63, 3.8) is 0 Å². The summed E-state index contributed by atoms with van der Waals surface area (Å²) in [6, 6.07) is 6.27. The van der Waals surface area contributed by atoms with Gasteiger partial charge in [-0.3, -0.25) is 0 Å². The molecule has 0 N–H and O–H groups in total. The largest absolute Gasteiger partial charge is 0.454 e. The Kier molecular flexibility index (Phi) is 5.52. The molecule has 0 unspecified atom stereocenters. The minimum absolute atomic E-state index is 0.0536. The molecule has 27 heavy (non-hydrogen) atoms. The van der Waals surface area contributed by atoms with Crippen molar-refractivity contribution < 1.29 is 22.5 Å². The van der Waals surface area contributed by atoms with E-state index < -0.39 is 16.0 Å². The summed E-state index contributed by atoms with van der Waals surface area (Å²) < 4.78 is 36.4. The SMILES string of the molecule is Cc1cc(COC(=O)c2cc(S(=O)(=O)N(C)C)ccc2N2CCCC2)on1. The van der Waals surface area contributed by atoms with Gasteiger partial charge in [0.2, 0.25) is 10.0 Å². The summed E-state index contributed by atoms with van der Waals surface area (Å²) >= 11 is 0. The number of hydrogen-bond acceptors (Lipinski definition) is 7. The summed E-state index contributed by atoms with van der Waals surface area (Å²) in [5.41, 5.74) is 1.61. The lowest BCUT2D eigenvalue weighted by Gasteiger charge is -2.22. The predicted octanol–water partition coefficient (Wildman–Crippen LogP) is 2.19. The lowest BCUT2D eigenvalue weighted by Crippen LogP contribution is -2.24. The molecule has 1 aliphatic heterocycles. The number of carbonyl (C=O) groups is 1. The quantitative estimate of drug-likeness (QED) is 0.695. The lowest BCUT2D eigenvalue weighted by molar-refractivity contribution is 0.0438. The zero-order chi connectivity index (χ0) is 19.6. The minimum Gasteiger partial charge on any atom is -0.454 e. The van der Waals surface area contributed by atoms with Crippen LogP contribution in [0.1, 0.15) is 34.7 Å². The molecule has 8 nitrogen and oxygen atoms in total. The van der Waals surface area contributed by atoms with Gasteiger partial charge < -0.3 is 14.2 Å². The number of hydrogen-bond donors (Lipinski definition) is 0.